The molecule has 0 aliphatic rings. The van der Waals surface area contributed by atoms with E-state index >= 15 is 0 Å². The second-order valence-electron chi connectivity index (χ2n) is 2.86. The van der Waals surface area contributed by atoms with E-state index in [1.54, 1.807) is 6.07 Å². The molecule has 0 bridgehead atoms. The summed E-state index contributed by atoms with van der Waals surface area (Å²) in [7, 11) is 0. The third kappa shape index (κ3) is 2.67. The SMILES string of the molecule is O=Cc1cc(Oc2ccc(Br)cc2)cs1. The van der Waals surface area contributed by atoms with E-state index in [-0.39, 0.29) is 0 Å². The van der Waals surface area contributed by atoms with E-state index in [4.69, 9.17) is 4.74 Å². The van der Waals surface area contributed by atoms with Crippen molar-refractivity contribution in [2.24, 2.45) is 0 Å². The Morgan fingerprint density at radius 3 is 2.53 bits per heavy atom. The van der Waals surface area contributed by atoms with Crippen LogP contribution < -0.4 is 4.74 Å². The molecule has 2 rings (SSSR count). The first-order chi connectivity index (χ1) is 7.28. The number of aldehydes is 1. The van der Waals surface area contributed by atoms with Gasteiger partial charge in [-0.1, -0.05) is 15.9 Å². The predicted molar refractivity (Wildman–Crippen MR) is 63.9 cm³/mol. The zero-order valence-corrected chi connectivity index (χ0v) is 10.0. The summed E-state index contributed by atoms with van der Waals surface area (Å²) in [6.07, 6.45) is 0.819. The number of ether oxygens (including phenoxy) is 1. The summed E-state index contributed by atoms with van der Waals surface area (Å²) in [6, 6.07) is 9.26. The number of carbonyl (C=O) groups excluding carboxylic acids is 1. The Hall–Kier alpha value is -1.13. The molecule has 2 aromatic rings. The van der Waals surface area contributed by atoms with Gasteiger partial charge in [-0.15, -0.1) is 11.3 Å². The van der Waals surface area contributed by atoms with Gasteiger partial charge in [0.2, 0.25) is 0 Å². The van der Waals surface area contributed by atoms with Crippen molar-refractivity contribution in [3.8, 4) is 11.5 Å². The van der Waals surface area contributed by atoms with Crippen molar-refractivity contribution >= 4 is 33.6 Å². The van der Waals surface area contributed by atoms with Crippen LogP contribution in [0.3, 0.4) is 0 Å². The molecule has 0 fully saturated rings. The highest BCUT2D eigenvalue weighted by Gasteiger charge is 2.01. The van der Waals surface area contributed by atoms with Crippen molar-refractivity contribution in [3.63, 3.8) is 0 Å². The maximum absolute atomic E-state index is 10.5. The highest BCUT2D eigenvalue weighted by molar-refractivity contribution is 9.10. The van der Waals surface area contributed by atoms with Crippen LogP contribution in [-0.4, -0.2) is 6.29 Å². The average Bonchev–Trinajstić information content (AvgIpc) is 2.69. The minimum Gasteiger partial charge on any atom is -0.456 e. The second kappa shape index (κ2) is 4.59. The number of benzene rings is 1. The molecule has 1 heterocycles. The highest BCUT2D eigenvalue weighted by atomic mass is 79.9. The summed E-state index contributed by atoms with van der Waals surface area (Å²) in [5.74, 6) is 1.46. The molecule has 1 aromatic heterocycles. The van der Waals surface area contributed by atoms with Gasteiger partial charge in [-0.2, -0.15) is 0 Å². The Labute approximate surface area is 99.6 Å². The number of thiophene rings is 1. The topological polar surface area (TPSA) is 26.3 Å². The fourth-order valence-electron chi connectivity index (χ4n) is 1.09. The molecule has 15 heavy (non-hydrogen) atoms. The van der Waals surface area contributed by atoms with Crippen LogP contribution in [0.5, 0.6) is 11.5 Å². The molecule has 0 spiro atoms. The fourth-order valence-corrected chi connectivity index (χ4v) is 1.96. The van der Waals surface area contributed by atoms with Gasteiger partial charge in [0.15, 0.2) is 6.29 Å². The van der Waals surface area contributed by atoms with E-state index in [0.29, 0.717) is 10.6 Å². The molecule has 0 N–H and O–H groups in total. The number of carbonyl (C=O) groups is 1. The quantitative estimate of drug-likeness (QED) is 0.792. The number of rotatable bonds is 3. The fraction of sp³-hybridized carbons (Fsp3) is 0. The molecule has 0 atom stereocenters. The summed E-state index contributed by atoms with van der Waals surface area (Å²) < 4.78 is 6.55. The van der Waals surface area contributed by atoms with E-state index in [9.17, 15) is 4.79 Å². The molecule has 0 unspecified atom stereocenters. The lowest BCUT2D eigenvalue weighted by atomic mass is 10.3. The van der Waals surface area contributed by atoms with Gasteiger partial charge in [0.1, 0.15) is 11.5 Å². The molecule has 4 heteroatoms. The zero-order chi connectivity index (χ0) is 10.7. The zero-order valence-electron chi connectivity index (χ0n) is 7.64. The van der Waals surface area contributed by atoms with Crippen molar-refractivity contribution in [3.05, 3.63) is 45.1 Å². The van der Waals surface area contributed by atoms with E-state index in [2.05, 4.69) is 15.9 Å². The first-order valence-electron chi connectivity index (χ1n) is 4.25. The summed E-state index contributed by atoms with van der Waals surface area (Å²) >= 11 is 4.72. The van der Waals surface area contributed by atoms with Gasteiger partial charge in [-0.05, 0) is 24.3 Å². The smallest absolute Gasteiger partial charge is 0.160 e. The third-order valence-electron chi connectivity index (χ3n) is 1.76. The van der Waals surface area contributed by atoms with Gasteiger partial charge in [0.25, 0.3) is 0 Å². The van der Waals surface area contributed by atoms with Crippen LogP contribution in [0.4, 0.5) is 0 Å². The highest BCUT2D eigenvalue weighted by Crippen LogP contribution is 2.26. The van der Waals surface area contributed by atoms with Gasteiger partial charge >= 0.3 is 0 Å². The van der Waals surface area contributed by atoms with Crippen LogP contribution in [-0.2, 0) is 0 Å². The van der Waals surface area contributed by atoms with Crippen LogP contribution >= 0.6 is 27.3 Å². The molecule has 0 amide bonds. The van der Waals surface area contributed by atoms with Crippen LogP contribution in [0.2, 0.25) is 0 Å². The lowest BCUT2D eigenvalue weighted by molar-refractivity contribution is 0.112. The molecular formula is C11H7BrO2S. The maximum Gasteiger partial charge on any atom is 0.160 e. The number of hydrogen-bond donors (Lipinski definition) is 0. The summed E-state index contributed by atoms with van der Waals surface area (Å²) in [5, 5.41) is 1.81. The van der Waals surface area contributed by atoms with Crippen LogP contribution in [0.1, 0.15) is 9.67 Å². The van der Waals surface area contributed by atoms with Crippen LogP contribution in [0, 0.1) is 0 Å². The Bertz CT molecular complexity index is 462. The number of hydrogen-bond acceptors (Lipinski definition) is 3. The molecule has 0 saturated heterocycles. The van der Waals surface area contributed by atoms with Crippen molar-refractivity contribution in [1.82, 2.24) is 0 Å². The Morgan fingerprint density at radius 1 is 1.20 bits per heavy atom. The average molecular weight is 283 g/mol. The lowest BCUT2D eigenvalue weighted by Crippen LogP contribution is -1.80. The van der Waals surface area contributed by atoms with E-state index in [1.165, 1.54) is 11.3 Å². The maximum atomic E-state index is 10.5. The van der Waals surface area contributed by atoms with E-state index < -0.39 is 0 Å². The van der Waals surface area contributed by atoms with Crippen LogP contribution in [0.15, 0.2) is 40.2 Å². The third-order valence-corrected chi connectivity index (χ3v) is 3.13. The molecule has 0 saturated carbocycles. The molecular weight excluding hydrogens is 276 g/mol. The Balaban J connectivity index is 2.14. The largest absolute Gasteiger partial charge is 0.456 e. The predicted octanol–water partition coefficient (Wildman–Crippen LogP) is 4.12. The molecule has 2 nitrogen and oxygen atoms in total. The Morgan fingerprint density at radius 2 is 1.93 bits per heavy atom. The first-order valence-corrected chi connectivity index (χ1v) is 5.92. The minimum atomic E-state index is 0.669. The van der Waals surface area contributed by atoms with Gasteiger partial charge in [0, 0.05) is 15.9 Å². The number of halogens is 1. The van der Waals surface area contributed by atoms with Gasteiger partial charge in [-0.25, -0.2) is 0 Å². The monoisotopic (exact) mass is 282 g/mol. The normalized spacial score (nSPS) is 9.93. The van der Waals surface area contributed by atoms with Crippen molar-refractivity contribution in [1.29, 1.82) is 0 Å². The first kappa shape index (κ1) is 10.4. The van der Waals surface area contributed by atoms with Gasteiger partial charge < -0.3 is 4.74 Å². The molecule has 0 aliphatic heterocycles. The Kier molecular flexibility index (Phi) is 3.18. The standard InChI is InChI=1S/C11H7BrO2S/c12-8-1-3-9(4-2-8)14-10-5-11(6-13)15-7-10/h1-7H. The lowest BCUT2D eigenvalue weighted by Gasteiger charge is -2.01. The summed E-state index contributed by atoms with van der Waals surface area (Å²) in [4.78, 5) is 11.1. The van der Waals surface area contributed by atoms with Crippen LogP contribution in [0.25, 0.3) is 0 Å². The second-order valence-corrected chi connectivity index (χ2v) is 4.72. The van der Waals surface area contributed by atoms with Crippen molar-refractivity contribution < 1.29 is 9.53 Å². The van der Waals surface area contributed by atoms with Crippen molar-refractivity contribution in [2.45, 2.75) is 0 Å². The summed E-state index contributed by atoms with van der Waals surface area (Å²) in [5.41, 5.74) is 0. The minimum absolute atomic E-state index is 0.669. The van der Waals surface area contributed by atoms with Crippen molar-refractivity contribution in [2.75, 3.05) is 0 Å². The van der Waals surface area contributed by atoms with E-state index in [0.717, 1.165) is 16.5 Å². The van der Waals surface area contributed by atoms with Gasteiger partial charge in [-0.3, -0.25) is 4.79 Å². The molecule has 1 aromatic carbocycles. The molecule has 0 radical (unpaired) electrons. The molecule has 76 valence electrons. The molecule has 0 aliphatic carbocycles. The summed E-state index contributed by atoms with van der Waals surface area (Å²) in [6.45, 7) is 0. The van der Waals surface area contributed by atoms with Gasteiger partial charge in [0.05, 0.1) is 4.88 Å². The van der Waals surface area contributed by atoms with E-state index in [1.807, 2.05) is 29.6 Å².